The third kappa shape index (κ3) is 6.53. The van der Waals surface area contributed by atoms with E-state index >= 15 is 0 Å². The van der Waals surface area contributed by atoms with E-state index in [-0.39, 0.29) is 11.0 Å². The second-order valence-corrected chi connectivity index (χ2v) is 4.83. The average molecular weight is 313 g/mol. The predicted octanol–water partition coefficient (Wildman–Crippen LogP) is 1.81. The lowest BCUT2D eigenvalue weighted by atomic mass is 10.1. The van der Waals surface area contributed by atoms with Crippen molar-refractivity contribution in [3.8, 4) is 0 Å². The molecule has 0 aromatic heterocycles. The summed E-state index contributed by atoms with van der Waals surface area (Å²) in [6.07, 6.45) is 0.868. The van der Waals surface area contributed by atoms with E-state index < -0.39 is 6.10 Å². The molecule has 0 fully saturated rings. The van der Waals surface area contributed by atoms with Gasteiger partial charge >= 0.3 is 0 Å². The highest BCUT2D eigenvalue weighted by molar-refractivity contribution is 6.29. The van der Waals surface area contributed by atoms with Gasteiger partial charge in [-0.2, -0.15) is 0 Å². The van der Waals surface area contributed by atoms with E-state index in [2.05, 4.69) is 0 Å². The zero-order chi connectivity index (χ0) is 15.7. The molecule has 6 heteroatoms. The number of halogens is 1. The normalized spacial score (nSPS) is 14.5. The van der Waals surface area contributed by atoms with Crippen LogP contribution in [0.3, 0.4) is 0 Å². The van der Waals surface area contributed by atoms with Crippen LogP contribution in [0.25, 0.3) is 0 Å². The summed E-state index contributed by atoms with van der Waals surface area (Å²) >= 11 is 5.61. The first-order chi connectivity index (χ1) is 10.0. The molecule has 0 amide bonds. The van der Waals surface area contributed by atoms with Gasteiger partial charge in [0.15, 0.2) is 5.88 Å². The fourth-order valence-electron chi connectivity index (χ4n) is 1.71. The van der Waals surface area contributed by atoms with Crippen LogP contribution >= 0.6 is 11.6 Å². The zero-order valence-electron chi connectivity index (χ0n) is 12.0. The van der Waals surface area contributed by atoms with Crippen molar-refractivity contribution in [2.45, 2.75) is 19.1 Å². The minimum atomic E-state index is -0.863. The molecule has 0 aliphatic carbocycles. The summed E-state index contributed by atoms with van der Waals surface area (Å²) in [5.41, 5.74) is 12.5. The van der Waals surface area contributed by atoms with Crippen LogP contribution in [0.1, 0.15) is 12.0 Å². The van der Waals surface area contributed by atoms with Crippen LogP contribution in [-0.2, 0) is 16.1 Å². The smallest absolute Gasteiger partial charge is 0.189 e. The first-order valence-corrected chi connectivity index (χ1v) is 6.88. The number of ether oxygens (including phenoxy) is 2. The van der Waals surface area contributed by atoms with Gasteiger partial charge < -0.3 is 26.0 Å². The van der Waals surface area contributed by atoms with E-state index in [0.717, 1.165) is 5.56 Å². The average Bonchev–Trinajstić information content (AvgIpc) is 2.49. The minimum absolute atomic E-state index is 0.0225. The summed E-state index contributed by atoms with van der Waals surface area (Å²) in [4.78, 5) is 0. The molecule has 5 N–H and O–H groups in total. The van der Waals surface area contributed by atoms with Crippen molar-refractivity contribution in [3.63, 3.8) is 0 Å². The Morgan fingerprint density at radius 1 is 1.33 bits per heavy atom. The quantitative estimate of drug-likeness (QED) is 0.295. The largest absolute Gasteiger partial charge is 0.482 e. The molecule has 1 rings (SSSR count). The number of rotatable bonds is 8. The summed E-state index contributed by atoms with van der Waals surface area (Å²) in [6.45, 7) is 0.854. The van der Waals surface area contributed by atoms with Crippen LogP contribution in [0, 0.1) is 0 Å². The number of nitrogens with two attached hydrogens (primary N) is 2. The van der Waals surface area contributed by atoms with Gasteiger partial charge in [-0.3, -0.25) is 0 Å². The van der Waals surface area contributed by atoms with E-state index in [0.29, 0.717) is 25.2 Å². The molecule has 1 unspecified atom stereocenters. The number of benzene rings is 1. The molecule has 0 spiro atoms. The monoisotopic (exact) mass is 312 g/mol. The van der Waals surface area contributed by atoms with Crippen LogP contribution < -0.4 is 11.5 Å². The Kier molecular flexibility index (Phi) is 7.68. The molecule has 5 nitrogen and oxygen atoms in total. The molecule has 0 heterocycles. The Bertz CT molecular complexity index is 485. The molecule has 1 aromatic carbocycles. The van der Waals surface area contributed by atoms with E-state index in [1.807, 2.05) is 30.3 Å². The van der Waals surface area contributed by atoms with Gasteiger partial charge in [0.05, 0.1) is 25.0 Å². The predicted molar refractivity (Wildman–Crippen MR) is 83.1 cm³/mol. The van der Waals surface area contributed by atoms with Gasteiger partial charge in [0.1, 0.15) is 0 Å². The molecule has 116 valence electrons. The fraction of sp³-hybridized carbons (Fsp3) is 0.333. The topological polar surface area (TPSA) is 90.7 Å². The molecule has 1 atom stereocenters. The maximum Gasteiger partial charge on any atom is 0.189 e. The van der Waals surface area contributed by atoms with Gasteiger partial charge in [-0.25, -0.2) is 0 Å². The maximum atomic E-state index is 10.1. The molecule has 0 aliphatic heterocycles. The third-order valence-electron chi connectivity index (χ3n) is 2.80. The molecular weight excluding hydrogens is 292 g/mol. The Hall–Kier alpha value is -1.69. The second kappa shape index (κ2) is 9.28. The van der Waals surface area contributed by atoms with Crippen molar-refractivity contribution in [1.29, 1.82) is 0 Å². The minimum Gasteiger partial charge on any atom is -0.482 e. The van der Waals surface area contributed by atoms with Crippen LogP contribution in [0.2, 0.25) is 0 Å². The highest BCUT2D eigenvalue weighted by Gasteiger charge is 2.14. The van der Waals surface area contributed by atoms with Crippen LogP contribution in [0.5, 0.6) is 0 Å². The van der Waals surface area contributed by atoms with Gasteiger partial charge in [0, 0.05) is 18.6 Å². The molecule has 21 heavy (non-hydrogen) atoms. The molecule has 0 saturated heterocycles. The van der Waals surface area contributed by atoms with E-state index in [4.69, 9.17) is 32.5 Å². The van der Waals surface area contributed by atoms with Gasteiger partial charge in [-0.05, 0) is 11.6 Å². The SMILES string of the molecule is CO/C(N)=C(/C=C(\N)Cl)C(O)CCOCc1ccccc1. The van der Waals surface area contributed by atoms with Crippen molar-refractivity contribution < 1.29 is 14.6 Å². The molecule has 0 aliphatic rings. The maximum absolute atomic E-state index is 10.1. The van der Waals surface area contributed by atoms with Crippen molar-refractivity contribution in [1.82, 2.24) is 0 Å². The van der Waals surface area contributed by atoms with Crippen molar-refractivity contribution in [3.05, 3.63) is 58.6 Å². The fourth-order valence-corrected chi connectivity index (χ4v) is 1.83. The second-order valence-electron chi connectivity index (χ2n) is 4.40. The van der Waals surface area contributed by atoms with Gasteiger partial charge in [-0.15, -0.1) is 0 Å². The van der Waals surface area contributed by atoms with Gasteiger partial charge in [0.25, 0.3) is 0 Å². The number of hydrogen-bond acceptors (Lipinski definition) is 5. The molecule has 0 bridgehead atoms. The summed E-state index contributed by atoms with van der Waals surface area (Å²) in [6, 6.07) is 9.79. The van der Waals surface area contributed by atoms with Crippen molar-refractivity contribution >= 4 is 11.6 Å². The third-order valence-corrected chi connectivity index (χ3v) is 2.91. The highest BCUT2D eigenvalue weighted by Crippen LogP contribution is 2.14. The Morgan fingerprint density at radius 3 is 2.57 bits per heavy atom. The Morgan fingerprint density at radius 2 is 2.00 bits per heavy atom. The Labute approximate surface area is 129 Å². The Balaban J connectivity index is 2.48. The zero-order valence-corrected chi connectivity index (χ0v) is 12.7. The highest BCUT2D eigenvalue weighted by atomic mass is 35.5. The van der Waals surface area contributed by atoms with Gasteiger partial charge in [0.2, 0.25) is 0 Å². The van der Waals surface area contributed by atoms with Crippen LogP contribution in [0.15, 0.2) is 53.0 Å². The summed E-state index contributed by atoms with van der Waals surface area (Å²) in [5, 5.41) is 10.1. The van der Waals surface area contributed by atoms with E-state index in [1.54, 1.807) is 0 Å². The lowest BCUT2D eigenvalue weighted by Gasteiger charge is -2.14. The number of methoxy groups -OCH3 is 1. The van der Waals surface area contributed by atoms with E-state index in [9.17, 15) is 5.11 Å². The van der Waals surface area contributed by atoms with Crippen LogP contribution in [-0.4, -0.2) is 24.9 Å². The standard InChI is InChI=1S/C15H21ClN2O3/c1-20-15(18)12(9-14(16)17)13(19)7-8-21-10-11-5-3-2-4-6-11/h2-6,9,13,19H,7-8,10,17-18H2,1H3/b14-9-,15-12-. The van der Waals surface area contributed by atoms with Crippen LogP contribution in [0.4, 0.5) is 0 Å². The first kappa shape index (κ1) is 17.4. The number of aliphatic hydroxyl groups is 1. The summed E-state index contributed by atoms with van der Waals surface area (Å²) < 4.78 is 10.4. The molecule has 1 aromatic rings. The first-order valence-electron chi connectivity index (χ1n) is 6.50. The van der Waals surface area contributed by atoms with E-state index in [1.165, 1.54) is 13.2 Å². The lowest BCUT2D eigenvalue weighted by Crippen LogP contribution is -2.18. The summed E-state index contributed by atoms with van der Waals surface area (Å²) in [7, 11) is 1.41. The molecule has 0 radical (unpaired) electrons. The lowest BCUT2D eigenvalue weighted by molar-refractivity contribution is 0.0842. The molecule has 0 saturated carbocycles. The van der Waals surface area contributed by atoms with Crippen molar-refractivity contribution in [2.75, 3.05) is 13.7 Å². The molecular formula is C15H21ClN2O3. The van der Waals surface area contributed by atoms with Gasteiger partial charge in [-0.1, -0.05) is 41.9 Å². The summed E-state index contributed by atoms with van der Waals surface area (Å²) in [5.74, 6) is 0.0779. The van der Waals surface area contributed by atoms with Crippen molar-refractivity contribution in [2.24, 2.45) is 11.5 Å². The number of hydrogen-bond donors (Lipinski definition) is 3. The number of aliphatic hydroxyl groups excluding tert-OH is 1.